The van der Waals surface area contributed by atoms with E-state index in [0.717, 1.165) is 0 Å². The number of hydrogen-bond donors (Lipinski definition) is 4. The van der Waals surface area contributed by atoms with Crippen LogP contribution in [0.1, 0.15) is 25.7 Å². The summed E-state index contributed by atoms with van der Waals surface area (Å²) in [6.07, 6.45) is 1.42. The summed E-state index contributed by atoms with van der Waals surface area (Å²) in [6.45, 7) is 0. The molecular weight excluding hydrogens is 593 g/mol. The first-order valence-corrected chi connectivity index (χ1v) is 20.1. The van der Waals surface area contributed by atoms with Crippen LogP contribution >= 0.6 is 43.2 Å². The number of hydrogen-bond acceptors (Lipinski definition) is 12. The molecule has 0 rings (SSSR count). The van der Waals surface area contributed by atoms with Crippen LogP contribution in [0.3, 0.4) is 0 Å². The van der Waals surface area contributed by atoms with Crippen molar-refractivity contribution in [2.75, 3.05) is 46.0 Å². The minimum atomic E-state index is -3.88. The maximum Gasteiger partial charge on any atom is 0.264 e. The summed E-state index contributed by atoms with van der Waals surface area (Å²) in [6, 6.07) is 0. The Bertz CT molecular complexity index is 744. The fourth-order valence-electron chi connectivity index (χ4n) is 1.44. The van der Waals surface area contributed by atoms with Crippen LogP contribution in [-0.4, -0.2) is 97.9 Å². The topological polar surface area (TPSA) is 217 Å². The standard InChI is InChI=1S/2C6H14O6S4/c2*7-15(8,9)5-1-3-13-14-4-2-6-16(10,11)12/h2*1-6H2,(H,7,8,9)(H,10,11,12). The van der Waals surface area contributed by atoms with Gasteiger partial charge in [-0.1, -0.05) is 43.2 Å². The van der Waals surface area contributed by atoms with Gasteiger partial charge in [0, 0.05) is 23.0 Å². The van der Waals surface area contributed by atoms with Gasteiger partial charge >= 0.3 is 0 Å². The van der Waals surface area contributed by atoms with Gasteiger partial charge in [0.1, 0.15) is 0 Å². The van der Waals surface area contributed by atoms with E-state index in [1.54, 1.807) is 0 Å². The first kappa shape index (κ1) is 35.2. The van der Waals surface area contributed by atoms with Gasteiger partial charge in [-0.25, -0.2) is 0 Å². The van der Waals surface area contributed by atoms with E-state index in [0.29, 0.717) is 48.7 Å². The smallest absolute Gasteiger partial charge is 0.264 e. The van der Waals surface area contributed by atoms with Crippen LogP contribution in [-0.2, 0) is 40.5 Å². The Morgan fingerprint density at radius 3 is 0.656 bits per heavy atom. The minimum absolute atomic E-state index is 0.258. The fraction of sp³-hybridized carbons (Fsp3) is 1.00. The van der Waals surface area contributed by atoms with Crippen LogP contribution in [0.4, 0.5) is 0 Å². The molecule has 32 heavy (non-hydrogen) atoms. The molecular formula is C12H28O12S8. The van der Waals surface area contributed by atoms with E-state index >= 15 is 0 Å². The van der Waals surface area contributed by atoms with Crippen LogP contribution in [0, 0.1) is 0 Å². The molecule has 196 valence electrons. The van der Waals surface area contributed by atoms with Gasteiger partial charge in [-0.2, -0.15) is 33.7 Å². The Balaban J connectivity index is 0. The monoisotopic (exact) mass is 620 g/mol. The van der Waals surface area contributed by atoms with Crippen LogP contribution in [0.15, 0.2) is 0 Å². The molecule has 0 spiro atoms. The van der Waals surface area contributed by atoms with Crippen molar-refractivity contribution in [1.29, 1.82) is 0 Å². The first-order valence-electron chi connectivity index (χ1n) is 8.71. The minimum Gasteiger partial charge on any atom is -0.286 e. The maximum atomic E-state index is 10.3. The zero-order valence-corrected chi connectivity index (χ0v) is 23.3. The average molecular weight is 621 g/mol. The van der Waals surface area contributed by atoms with E-state index < -0.39 is 40.5 Å². The van der Waals surface area contributed by atoms with E-state index in [1.165, 1.54) is 43.2 Å². The zero-order chi connectivity index (χ0) is 25.3. The zero-order valence-electron chi connectivity index (χ0n) is 16.8. The molecule has 0 saturated carbocycles. The maximum absolute atomic E-state index is 10.3. The molecule has 0 aromatic heterocycles. The van der Waals surface area contributed by atoms with Crippen LogP contribution in [0.25, 0.3) is 0 Å². The van der Waals surface area contributed by atoms with Crippen molar-refractivity contribution in [3.05, 3.63) is 0 Å². The summed E-state index contributed by atoms with van der Waals surface area (Å²) in [5.74, 6) is 1.23. The highest BCUT2D eigenvalue weighted by Gasteiger charge is 2.06. The SMILES string of the molecule is O=S(=O)(O)CCCSSCCCS(=O)(=O)O.O=S(=O)(O)CCCSSCCCS(=O)(=O)O. The van der Waals surface area contributed by atoms with Crippen molar-refractivity contribution >= 4 is 83.6 Å². The molecule has 0 atom stereocenters. The second kappa shape index (κ2) is 18.3. The number of rotatable bonds is 18. The normalized spacial score (nSPS) is 12.9. The Morgan fingerprint density at radius 1 is 0.375 bits per heavy atom. The van der Waals surface area contributed by atoms with Gasteiger partial charge in [-0.05, 0) is 25.7 Å². The highest BCUT2D eigenvalue weighted by atomic mass is 33.1. The molecule has 12 nitrogen and oxygen atoms in total. The van der Waals surface area contributed by atoms with E-state index in [4.69, 9.17) is 18.2 Å². The molecule has 4 N–H and O–H groups in total. The van der Waals surface area contributed by atoms with E-state index in [2.05, 4.69) is 0 Å². The summed E-state index contributed by atoms with van der Waals surface area (Å²) < 4.78 is 116. The van der Waals surface area contributed by atoms with Crippen molar-refractivity contribution < 1.29 is 51.9 Å². The van der Waals surface area contributed by atoms with Crippen LogP contribution < -0.4 is 0 Å². The van der Waals surface area contributed by atoms with Crippen molar-refractivity contribution in [3.8, 4) is 0 Å². The third-order valence-corrected chi connectivity index (χ3v) is 11.1. The summed E-state index contributed by atoms with van der Waals surface area (Å²) in [5.41, 5.74) is 0. The molecule has 0 saturated heterocycles. The fourth-order valence-corrected chi connectivity index (χ4v) is 8.55. The van der Waals surface area contributed by atoms with Crippen molar-refractivity contribution in [2.24, 2.45) is 0 Å². The van der Waals surface area contributed by atoms with Crippen molar-refractivity contribution in [1.82, 2.24) is 0 Å². The van der Waals surface area contributed by atoms with Gasteiger partial charge in [-0.3, -0.25) is 18.2 Å². The second-order valence-electron chi connectivity index (χ2n) is 5.85. The van der Waals surface area contributed by atoms with Gasteiger partial charge < -0.3 is 0 Å². The van der Waals surface area contributed by atoms with Gasteiger partial charge in [-0.15, -0.1) is 0 Å². The molecule has 20 heteroatoms. The lowest BCUT2D eigenvalue weighted by Gasteiger charge is -2.00. The third-order valence-electron chi connectivity index (χ3n) is 2.69. The van der Waals surface area contributed by atoms with Gasteiger partial charge in [0.25, 0.3) is 40.5 Å². The van der Waals surface area contributed by atoms with Crippen LogP contribution in [0.5, 0.6) is 0 Å². The summed E-state index contributed by atoms with van der Waals surface area (Å²) >= 11 is 0. The molecule has 0 unspecified atom stereocenters. The molecule has 0 heterocycles. The summed E-state index contributed by atoms with van der Waals surface area (Å²) in [4.78, 5) is 0. The Kier molecular flexibility index (Phi) is 20.2. The van der Waals surface area contributed by atoms with Gasteiger partial charge in [0.05, 0.1) is 23.0 Å². The molecule has 0 aliphatic rings. The predicted molar refractivity (Wildman–Crippen MR) is 134 cm³/mol. The molecule has 0 bridgehead atoms. The van der Waals surface area contributed by atoms with Gasteiger partial charge in [0.2, 0.25) is 0 Å². The lowest BCUT2D eigenvalue weighted by atomic mass is 10.6. The summed E-state index contributed by atoms with van der Waals surface area (Å²) in [5, 5.41) is 0. The largest absolute Gasteiger partial charge is 0.286 e. The Morgan fingerprint density at radius 2 is 0.531 bits per heavy atom. The van der Waals surface area contributed by atoms with Gasteiger partial charge in [0.15, 0.2) is 0 Å². The van der Waals surface area contributed by atoms with E-state index in [-0.39, 0.29) is 23.0 Å². The molecule has 0 aliphatic carbocycles. The van der Waals surface area contributed by atoms with E-state index in [1.807, 2.05) is 0 Å². The Labute approximate surface area is 206 Å². The highest BCUT2D eigenvalue weighted by Crippen LogP contribution is 2.23. The summed E-state index contributed by atoms with van der Waals surface area (Å²) in [7, 11) is -9.87. The molecule has 0 radical (unpaired) electrons. The molecule has 0 fully saturated rings. The lowest BCUT2D eigenvalue weighted by molar-refractivity contribution is 0.480. The van der Waals surface area contributed by atoms with E-state index in [9.17, 15) is 33.7 Å². The average Bonchev–Trinajstić information content (AvgIpc) is 2.56. The molecule has 0 aromatic carbocycles. The third kappa shape index (κ3) is 38.3. The first-order chi connectivity index (χ1) is 14.4. The predicted octanol–water partition coefficient (Wildman–Crippen LogP) is 1.85. The highest BCUT2D eigenvalue weighted by molar-refractivity contribution is 8.77. The quantitative estimate of drug-likeness (QED) is 0.0976. The second-order valence-corrected chi connectivity index (χ2v) is 17.5. The molecule has 0 aromatic rings. The van der Waals surface area contributed by atoms with Crippen LogP contribution in [0.2, 0.25) is 0 Å². The Hall–Kier alpha value is 1.04. The molecule has 0 amide bonds. The van der Waals surface area contributed by atoms with Crippen molar-refractivity contribution in [3.63, 3.8) is 0 Å². The molecule has 0 aliphatic heterocycles. The van der Waals surface area contributed by atoms with Crippen molar-refractivity contribution in [2.45, 2.75) is 25.7 Å². The lowest BCUT2D eigenvalue weighted by Crippen LogP contribution is -2.04.